The standard InChI is InChI=1S/C20H41NO/c1-3-5-7-9-11-12-14-16-18-20(19-21-22)17-15-13-10-8-6-4-2/h19-20,22H,3-18H2,1-2H3. The van der Waals surface area contributed by atoms with E-state index < -0.39 is 0 Å². The molecule has 0 saturated carbocycles. The van der Waals surface area contributed by atoms with Gasteiger partial charge in [0.1, 0.15) is 0 Å². The first-order valence-electron chi connectivity index (χ1n) is 10.0. The molecule has 0 spiro atoms. The predicted octanol–water partition coefficient (Wildman–Crippen LogP) is 7.34. The molecule has 0 heterocycles. The van der Waals surface area contributed by atoms with E-state index in [0.29, 0.717) is 5.92 Å². The highest BCUT2D eigenvalue weighted by Gasteiger charge is 2.06. The Morgan fingerprint density at radius 1 is 0.636 bits per heavy atom. The average Bonchev–Trinajstić information content (AvgIpc) is 2.53. The SMILES string of the molecule is CCCCCCCCCCC(C=NO)CCCCCCCC. The number of hydrogen-bond acceptors (Lipinski definition) is 2. The van der Waals surface area contributed by atoms with Crippen LogP contribution in [0.25, 0.3) is 0 Å². The Labute approximate surface area is 139 Å². The van der Waals surface area contributed by atoms with Crippen LogP contribution in [-0.4, -0.2) is 11.4 Å². The molecule has 0 aliphatic heterocycles. The van der Waals surface area contributed by atoms with Crippen LogP contribution in [0.1, 0.15) is 117 Å². The summed E-state index contributed by atoms with van der Waals surface area (Å²) in [6.07, 6.45) is 23.2. The second-order valence-electron chi connectivity index (χ2n) is 6.84. The number of nitrogens with zero attached hydrogens (tertiary/aromatic N) is 1. The molecule has 0 aliphatic carbocycles. The number of unbranched alkanes of at least 4 members (excludes halogenated alkanes) is 12. The molecule has 0 radical (unpaired) electrons. The van der Waals surface area contributed by atoms with Gasteiger partial charge in [-0.3, -0.25) is 0 Å². The molecule has 0 aliphatic rings. The maximum Gasteiger partial charge on any atom is 0.0466 e. The smallest absolute Gasteiger partial charge is 0.0466 e. The van der Waals surface area contributed by atoms with E-state index in [0.717, 1.165) is 0 Å². The maximum atomic E-state index is 8.80. The first-order valence-corrected chi connectivity index (χ1v) is 10.0. The second-order valence-corrected chi connectivity index (χ2v) is 6.84. The molecule has 0 aromatic rings. The largest absolute Gasteiger partial charge is 0.411 e. The van der Waals surface area contributed by atoms with Gasteiger partial charge in [-0.2, -0.15) is 0 Å². The third kappa shape index (κ3) is 15.9. The van der Waals surface area contributed by atoms with Crippen LogP contribution >= 0.6 is 0 Å². The van der Waals surface area contributed by atoms with Crippen molar-refractivity contribution in [1.29, 1.82) is 0 Å². The summed E-state index contributed by atoms with van der Waals surface area (Å²) >= 11 is 0. The van der Waals surface area contributed by atoms with Crippen molar-refractivity contribution < 1.29 is 5.21 Å². The van der Waals surface area contributed by atoms with Crippen LogP contribution in [0.2, 0.25) is 0 Å². The van der Waals surface area contributed by atoms with Crippen molar-refractivity contribution in [2.24, 2.45) is 11.1 Å². The molecule has 0 saturated heterocycles. The van der Waals surface area contributed by atoms with Crippen molar-refractivity contribution >= 4 is 6.21 Å². The van der Waals surface area contributed by atoms with Crippen LogP contribution in [0.5, 0.6) is 0 Å². The zero-order valence-electron chi connectivity index (χ0n) is 15.4. The van der Waals surface area contributed by atoms with Gasteiger partial charge in [0.2, 0.25) is 0 Å². The van der Waals surface area contributed by atoms with E-state index in [4.69, 9.17) is 5.21 Å². The molecule has 0 bridgehead atoms. The fraction of sp³-hybridized carbons (Fsp3) is 0.950. The lowest BCUT2D eigenvalue weighted by Crippen LogP contribution is -2.02. The highest BCUT2D eigenvalue weighted by atomic mass is 16.4. The van der Waals surface area contributed by atoms with Crippen molar-refractivity contribution in [2.45, 2.75) is 117 Å². The van der Waals surface area contributed by atoms with Gasteiger partial charge >= 0.3 is 0 Å². The van der Waals surface area contributed by atoms with E-state index >= 15 is 0 Å². The van der Waals surface area contributed by atoms with Gasteiger partial charge in [-0.15, -0.1) is 5.16 Å². The lowest BCUT2D eigenvalue weighted by atomic mass is 9.95. The molecule has 1 atom stereocenters. The first-order chi connectivity index (χ1) is 10.8. The minimum atomic E-state index is 0.497. The molecule has 2 nitrogen and oxygen atoms in total. The molecular formula is C20H41NO. The Balaban J connectivity index is 3.47. The summed E-state index contributed by atoms with van der Waals surface area (Å²) in [5, 5.41) is 12.1. The minimum absolute atomic E-state index is 0.497. The molecular weight excluding hydrogens is 270 g/mol. The summed E-state index contributed by atoms with van der Waals surface area (Å²) in [6.45, 7) is 4.53. The fourth-order valence-electron chi connectivity index (χ4n) is 3.11. The molecule has 22 heavy (non-hydrogen) atoms. The normalized spacial score (nSPS) is 13.0. The summed E-state index contributed by atoms with van der Waals surface area (Å²) in [7, 11) is 0. The summed E-state index contributed by atoms with van der Waals surface area (Å²) in [6, 6.07) is 0. The molecule has 1 N–H and O–H groups in total. The van der Waals surface area contributed by atoms with E-state index in [9.17, 15) is 0 Å². The lowest BCUT2D eigenvalue weighted by molar-refractivity contribution is 0.316. The predicted molar refractivity (Wildman–Crippen MR) is 99.0 cm³/mol. The Morgan fingerprint density at radius 3 is 1.36 bits per heavy atom. The summed E-state index contributed by atoms with van der Waals surface area (Å²) in [5.41, 5.74) is 0. The quantitative estimate of drug-likeness (QED) is 0.129. The second kappa shape index (κ2) is 18.5. The van der Waals surface area contributed by atoms with Crippen LogP contribution in [-0.2, 0) is 0 Å². The van der Waals surface area contributed by atoms with Crippen LogP contribution in [0, 0.1) is 5.92 Å². The van der Waals surface area contributed by atoms with Gasteiger partial charge in [0.15, 0.2) is 0 Å². The van der Waals surface area contributed by atoms with Gasteiger partial charge < -0.3 is 5.21 Å². The third-order valence-corrected chi connectivity index (χ3v) is 4.63. The van der Waals surface area contributed by atoms with E-state index in [2.05, 4.69) is 19.0 Å². The zero-order valence-corrected chi connectivity index (χ0v) is 15.4. The van der Waals surface area contributed by atoms with Crippen molar-refractivity contribution in [1.82, 2.24) is 0 Å². The Hall–Kier alpha value is -0.530. The van der Waals surface area contributed by atoms with Crippen molar-refractivity contribution in [2.75, 3.05) is 0 Å². The van der Waals surface area contributed by atoms with Crippen molar-refractivity contribution in [3.63, 3.8) is 0 Å². The summed E-state index contributed by atoms with van der Waals surface area (Å²) in [4.78, 5) is 0. The lowest BCUT2D eigenvalue weighted by Gasteiger charge is -2.11. The minimum Gasteiger partial charge on any atom is -0.411 e. The Kier molecular flexibility index (Phi) is 18.1. The van der Waals surface area contributed by atoms with Crippen LogP contribution in [0.3, 0.4) is 0 Å². The molecule has 0 amide bonds. The number of oxime groups is 1. The van der Waals surface area contributed by atoms with Crippen LogP contribution in [0.15, 0.2) is 5.16 Å². The summed E-state index contributed by atoms with van der Waals surface area (Å²) < 4.78 is 0. The first kappa shape index (κ1) is 21.5. The molecule has 132 valence electrons. The Morgan fingerprint density at radius 2 is 1.00 bits per heavy atom. The highest BCUT2D eigenvalue weighted by molar-refractivity contribution is 5.59. The maximum absolute atomic E-state index is 8.80. The summed E-state index contributed by atoms with van der Waals surface area (Å²) in [5.74, 6) is 0.497. The molecule has 0 fully saturated rings. The highest BCUT2D eigenvalue weighted by Crippen LogP contribution is 2.18. The van der Waals surface area contributed by atoms with E-state index in [1.807, 2.05) is 0 Å². The third-order valence-electron chi connectivity index (χ3n) is 4.63. The monoisotopic (exact) mass is 311 g/mol. The van der Waals surface area contributed by atoms with E-state index in [1.54, 1.807) is 6.21 Å². The number of hydrogen-bond donors (Lipinski definition) is 1. The van der Waals surface area contributed by atoms with Crippen LogP contribution < -0.4 is 0 Å². The molecule has 1 unspecified atom stereocenters. The van der Waals surface area contributed by atoms with Gasteiger partial charge in [0.05, 0.1) is 0 Å². The van der Waals surface area contributed by atoms with Crippen molar-refractivity contribution in [3.05, 3.63) is 0 Å². The van der Waals surface area contributed by atoms with E-state index in [1.165, 1.54) is 103 Å². The van der Waals surface area contributed by atoms with Crippen molar-refractivity contribution in [3.8, 4) is 0 Å². The zero-order chi connectivity index (χ0) is 16.3. The van der Waals surface area contributed by atoms with Gasteiger partial charge in [-0.25, -0.2) is 0 Å². The molecule has 0 aromatic carbocycles. The van der Waals surface area contributed by atoms with Gasteiger partial charge in [0, 0.05) is 6.21 Å². The Bertz CT molecular complexity index is 228. The fourth-order valence-corrected chi connectivity index (χ4v) is 3.11. The molecule has 0 aromatic heterocycles. The molecule has 2 heteroatoms. The average molecular weight is 312 g/mol. The number of rotatable bonds is 17. The van der Waals surface area contributed by atoms with Gasteiger partial charge in [-0.1, -0.05) is 104 Å². The van der Waals surface area contributed by atoms with E-state index in [-0.39, 0.29) is 0 Å². The molecule has 0 rings (SSSR count). The topological polar surface area (TPSA) is 32.6 Å². The van der Waals surface area contributed by atoms with Gasteiger partial charge in [-0.05, 0) is 18.8 Å². The van der Waals surface area contributed by atoms with Gasteiger partial charge in [0.25, 0.3) is 0 Å². The van der Waals surface area contributed by atoms with Crippen LogP contribution in [0.4, 0.5) is 0 Å².